The number of aromatic nitrogens is 4. The lowest BCUT2D eigenvalue weighted by molar-refractivity contribution is 0.232. The molecule has 3 aromatic rings. The predicted molar refractivity (Wildman–Crippen MR) is 120 cm³/mol. The van der Waals surface area contributed by atoms with Gasteiger partial charge < -0.3 is 10.0 Å². The Hall–Kier alpha value is -2.16. The first-order chi connectivity index (χ1) is 14.8. The molecule has 0 atom stereocenters. The van der Waals surface area contributed by atoms with Gasteiger partial charge in [-0.1, -0.05) is 0 Å². The summed E-state index contributed by atoms with van der Waals surface area (Å²) in [4.78, 5) is 26.1. The Morgan fingerprint density at radius 2 is 1.87 bits per heavy atom. The summed E-state index contributed by atoms with van der Waals surface area (Å²) in [6.45, 7) is 5.35. The third kappa shape index (κ3) is 3.91. The summed E-state index contributed by atoms with van der Waals surface area (Å²) in [6.07, 6.45) is 11.9. The average Bonchev–Trinajstić information content (AvgIpc) is 3.18. The third-order valence-corrected chi connectivity index (χ3v) is 7.33. The third-order valence-electron chi connectivity index (χ3n) is 6.14. The number of hydrogen-bond acceptors (Lipinski definition) is 8. The standard InChI is InChI=1S/C22H28N6OS/c29-14-4-3-9-27-10-12-28(13-11-27)21-19-16-5-1-2-6-18(16)30-22(19)26-20(25-21)17-15-23-7-8-24-17/h7-8,15,29H,1-6,9-14H2. The molecule has 8 heteroatoms. The summed E-state index contributed by atoms with van der Waals surface area (Å²) in [6, 6.07) is 0. The molecule has 0 aromatic carbocycles. The van der Waals surface area contributed by atoms with Crippen molar-refractivity contribution in [1.82, 2.24) is 24.8 Å². The highest BCUT2D eigenvalue weighted by Gasteiger charge is 2.26. The summed E-state index contributed by atoms with van der Waals surface area (Å²) in [7, 11) is 0. The van der Waals surface area contributed by atoms with Crippen molar-refractivity contribution >= 4 is 27.4 Å². The van der Waals surface area contributed by atoms with E-state index in [9.17, 15) is 0 Å². The van der Waals surface area contributed by atoms with Crippen LogP contribution in [0.25, 0.3) is 21.7 Å². The lowest BCUT2D eigenvalue weighted by Crippen LogP contribution is -2.47. The normalized spacial score (nSPS) is 17.4. The lowest BCUT2D eigenvalue weighted by atomic mass is 9.97. The first-order valence-electron chi connectivity index (χ1n) is 11.0. The molecule has 1 N–H and O–H groups in total. The lowest BCUT2D eigenvalue weighted by Gasteiger charge is -2.36. The highest BCUT2D eigenvalue weighted by molar-refractivity contribution is 7.19. The predicted octanol–water partition coefficient (Wildman–Crippen LogP) is 2.92. The molecule has 30 heavy (non-hydrogen) atoms. The number of thiophene rings is 1. The Morgan fingerprint density at radius 3 is 2.67 bits per heavy atom. The number of anilines is 1. The molecular formula is C22H28N6OS. The van der Waals surface area contributed by atoms with Gasteiger partial charge in [0.25, 0.3) is 0 Å². The van der Waals surface area contributed by atoms with Crippen LogP contribution >= 0.6 is 11.3 Å². The number of unbranched alkanes of at least 4 members (excludes halogenated alkanes) is 1. The fraction of sp³-hybridized carbons (Fsp3) is 0.545. The van der Waals surface area contributed by atoms with Crippen LogP contribution in [0, 0.1) is 0 Å². The average molecular weight is 425 g/mol. The van der Waals surface area contributed by atoms with Crippen LogP contribution in [0.15, 0.2) is 18.6 Å². The zero-order chi connectivity index (χ0) is 20.3. The molecule has 0 radical (unpaired) electrons. The van der Waals surface area contributed by atoms with Gasteiger partial charge in [-0.25, -0.2) is 15.0 Å². The van der Waals surface area contributed by atoms with Crippen LogP contribution in [0.4, 0.5) is 5.82 Å². The van der Waals surface area contributed by atoms with Gasteiger partial charge in [0.15, 0.2) is 5.82 Å². The van der Waals surface area contributed by atoms with Crippen molar-refractivity contribution < 1.29 is 5.11 Å². The van der Waals surface area contributed by atoms with Gasteiger partial charge in [0.2, 0.25) is 0 Å². The van der Waals surface area contributed by atoms with E-state index in [2.05, 4.69) is 19.8 Å². The zero-order valence-electron chi connectivity index (χ0n) is 17.3. The number of piperazine rings is 1. The molecular weight excluding hydrogens is 396 g/mol. The summed E-state index contributed by atoms with van der Waals surface area (Å²) in [5, 5.41) is 10.3. The van der Waals surface area contributed by atoms with E-state index in [0.29, 0.717) is 5.82 Å². The first kappa shape index (κ1) is 19.8. The largest absolute Gasteiger partial charge is 0.396 e. The highest BCUT2D eigenvalue weighted by atomic mass is 32.1. The maximum Gasteiger partial charge on any atom is 0.183 e. The molecule has 1 aliphatic heterocycles. The number of aliphatic hydroxyl groups excluding tert-OH is 1. The van der Waals surface area contributed by atoms with Crippen LogP contribution in [-0.4, -0.2) is 69.3 Å². The van der Waals surface area contributed by atoms with Gasteiger partial charge >= 0.3 is 0 Å². The molecule has 158 valence electrons. The number of hydrogen-bond donors (Lipinski definition) is 1. The minimum atomic E-state index is 0.285. The molecule has 0 saturated carbocycles. The molecule has 3 aromatic heterocycles. The summed E-state index contributed by atoms with van der Waals surface area (Å²) >= 11 is 1.84. The second kappa shape index (κ2) is 8.91. The van der Waals surface area contributed by atoms with Gasteiger partial charge in [-0.2, -0.15) is 0 Å². The monoisotopic (exact) mass is 424 g/mol. The van der Waals surface area contributed by atoms with E-state index >= 15 is 0 Å². The summed E-state index contributed by atoms with van der Waals surface area (Å²) in [5.41, 5.74) is 2.21. The van der Waals surface area contributed by atoms with Crippen molar-refractivity contribution in [3.8, 4) is 11.5 Å². The topological polar surface area (TPSA) is 78.3 Å². The summed E-state index contributed by atoms with van der Waals surface area (Å²) < 4.78 is 0. The number of aliphatic hydroxyl groups is 1. The van der Waals surface area contributed by atoms with E-state index in [1.165, 1.54) is 28.7 Å². The minimum Gasteiger partial charge on any atom is -0.396 e. The van der Waals surface area contributed by atoms with E-state index in [1.54, 1.807) is 18.6 Å². The molecule has 7 nitrogen and oxygen atoms in total. The van der Waals surface area contributed by atoms with E-state index in [0.717, 1.165) is 74.7 Å². The van der Waals surface area contributed by atoms with E-state index in [-0.39, 0.29) is 6.61 Å². The highest BCUT2D eigenvalue weighted by Crippen LogP contribution is 2.40. The zero-order valence-corrected chi connectivity index (χ0v) is 18.1. The van der Waals surface area contributed by atoms with Crippen LogP contribution in [0.2, 0.25) is 0 Å². The molecule has 0 bridgehead atoms. The van der Waals surface area contributed by atoms with E-state index < -0.39 is 0 Å². The van der Waals surface area contributed by atoms with Crippen LogP contribution < -0.4 is 4.90 Å². The van der Waals surface area contributed by atoms with E-state index in [4.69, 9.17) is 15.1 Å². The molecule has 0 unspecified atom stereocenters. The minimum absolute atomic E-state index is 0.285. The molecule has 0 amide bonds. The van der Waals surface area contributed by atoms with Crippen LogP contribution in [0.5, 0.6) is 0 Å². The number of fused-ring (bicyclic) bond motifs is 3. The van der Waals surface area contributed by atoms with Crippen LogP contribution in [-0.2, 0) is 12.8 Å². The van der Waals surface area contributed by atoms with Gasteiger partial charge in [-0.05, 0) is 50.6 Å². The van der Waals surface area contributed by atoms with Gasteiger partial charge in [-0.15, -0.1) is 11.3 Å². The number of aryl methyl sites for hydroxylation is 2. The van der Waals surface area contributed by atoms with Gasteiger partial charge in [0.1, 0.15) is 16.3 Å². The van der Waals surface area contributed by atoms with E-state index in [1.807, 2.05) is 11.3 Å². The smallest absolute Gasteiger partial charge is 0.183 e. The van der Waals surface area contributed by atoms with Crippen molar-refractivity contribution in [2.45, 2.75) is 38.5 Å². The molecule has 0 spiro atoms. The Bertz CT molecular complexity index is 1000. The quantitative estimate of drug-likeness (QED) is 0.610. The maximum absolute atomic E-state index is 9.03. The molecule has 1 saturated heterocycles. The number of nitrogens with zero attached hydrogens (tertiary/aromatic N) is 6. The molecule has 1 fully saturated rings. The maximum atomic E-state index is 9.03. The van der Waals surface area contributed by atoms with Crippen molar-refractivity contribution in [3.05, 3.63) is 29.0 Å². The Morgan fingerprint density at radius 1 is 1.00 bits per heavy atom. The molecule has 5 rings (SSSR count). The Kier molecular flexibility index (Phi) is 5.88. The van der Waals surface area contributed by atoms with Crippen LogP contribution in [0.1, 0.15) is 36.1 Å². The van der Waals surface area contributed by atoms with Gasteiger partial charge in [-0.3, -0.25) is 9.88 Å². The molecule has 1 aliphatic carbocycles. The number of rotatable bonds is 6. The second-order valence-electron chi connectivity index (χ2n) is 8.11. The second-order valence-corrected chi connectivity index (χ2v) is 9.20. The van der Waals surface area contributed by atoms with Gasteiger partial charge in [0, 0.05) is 50.1 Å². The summed E-state index contributed by atoms with van der Waals surface area (Å²) in [5.74, 6) is 1.75. The van der Waals surface area contributed by atoms with Crippen molar-refractivity contribution in [2.75, 3.05) is 44.2 Å². The van der Waals surface area contributed by atoms with Crippen LogP contribution in [0.3, 0.4) is 0 Å². The Labute approximate surface area is 180 Å². The van der Waals surface area contributed by atoms with Crippen molar-refractivity contribution in [2.24, 2.45) is 0 Å². The molecule has 4 heterocycles. The fourth-order valence-electron chi connectivity index (χ4n) is 4.53. The Balaban J connectivity index is 1.49. The van der Waals surface area contributed by atoms with Crippen molar-refractivity contribution in [3.63, 3.8) is 0 Å². The fourth-order valence-corrected chi connectivity index (χ4v) is 5.78. The SMILES string of the molecule is OCCCCN1CCN(c2nc(-c3cnccn3)nc3sc4c(c23)CCCC4)CC1. The van der Waals surface area contributed by atoms with Crippen molar-refractivity contribution in [1.29, 1.82) is 0 Å². The molecule has 2 aliphatic rings. The first-order valence-corrected chi connectivity index (χ1v) is 11.8. The van der Waals surface area contributed by atoms with Gasteiger partial charge in [0.05, 0.1) is 11.6 Å².